The van der Waals surface area contributed by atoms with Gasteiger partial charge in [0.25, 0.3) is 0 Å². The van der Waals surface area contributed by atoms with E-state index in [-0.39, 0.29) is 11.9 Å². The Labute approximate surface area is 119 Å². The summed E-state index contributed by atoms with van der Waals surface area (Å²) in [6.07, 6.45) is -0.0429. The summed E-state index contributed by atoms with van der Waals surface area (Å²) in [6.45, 7) is 0. The summed E-state index contributed by atoms with van der Waals surface area (Å²) in [5.74, 6) is 1.80. The molecule has 3 heterocycles. The Hall–Kier alpha value is -1.10. The molecule has 1 aromatic carbocycles. The number of thiophene rings is 1. The molecule has 0 aliphatic carbocycles. The van der Waals surface area contributed by atoms with Gasteiger partial charge in [-0.15, -0.1) is 11.3 Å². The monoisotopic (exact) mass is 288 g/mol. The van der Waals surface area contributed by atoms with Gasteiger partial charge in [-0.05, 0) is 17.0 Å². The summed E-state index contributed by atoms with van der Waals surface area (Å²) < 4.78 is 5.88. The van der Waals surface area contributed by atoms with Crippen LogP contribution in [-0.2, 0) is 10.5 Å². The third-order valence-electron chi connectivity index (χ3n) is 3.72. The number of ether oxygens (including phenoxy) is 1. The molecule has 0 amide bonds. The van der Waals surface area contributed by atoms with Crippen molar-refractivity contribution >= 4 is 28.9 Å². The number of hydrogen-bond donors (Lipinski definition) is 0. The van der Waals surface area contributed by atoms with Crippen LogP contribution in [0.1, 0.15) is 26.9 Å². The van der Waals surface area contributed by atoms with Crippen LogP contribution in [0.4, 0.5) is 0 Å². The highest BCUT2D eigenvalue weighted by atomic mass is 32.2. The molecule has 19 heavy (non-hydrogen) atoms. The van der Waals surface area contributed by atoms with Gasteiger partial charge in [-0.1, -0.05) is 30.3 Å². The van der Waals surface area contributed by atoms with Gasteiger partial charge in [0.2, 0.25) is 0 Å². The lowest BCUT2D eigenvalue weighted by molar-refractivity contribution is 0.0892. The largest absolute Gasteiger partial charge is 0.350 e. The summed E-state index contributed by atoms with van der Waals surface area (Å²) in [5, 5.41) is 2.03. The van der Waals surface area contributed by atoms with Crippen molar-refractivity contribution in [1.82, 2.24) is 0 Å². The van der Waals surface area contributed by atoms with Crippen molar-refractivity contribution < 1.29 is 9.53 Å². The highest BCUT2D eigenvalue weighted by Crippen LogP contribution is 2.55. The van der Waals surface area contributed by atoms with Gasteiger partial charge in [0, 0.05) is 21.9 Å². The highest BCUT2D eigenvalue weighted by Gasteiger charge is 2.63. The van der Waals surface area contributed by atoms with E-state index >= 15 is 0 Å². The van der Waals surface area contributed by atoms with Crippen LogP contribution in [-0.4, -0.2) is 17.1 Å². The first kappa shape index (κ1) is 11.7. The van der Waals surface area contributed by atoms with Gasteiger partial charge in [-0.2, -0.15) is 11.8 Å². The fourth-order valence-electron chi connectivity index (χ4n) is 2.66. The molecule has 1 aromatic heterocycles. The van der Waals surface area contributed by atoms with Crippen molar-refractivity contribution in [3.63, 3.8) is 0 Å². The van der Waals surface area contributed by atoms with Crippen LogP contribution >= 0.6 is 23.1 Å². The first-order valence-electron chi connectivity index (χ1n) is 6.23. The number of fused-ring (bicyclic) bond motifs is 1. The van der Waals surface area contributed by atoms with Crippen LogP contribution in [0.2, 0.25) is 0 Å². The van der Waals surface area contributed by atoms with E-state index in [2.05, 4.69) is 6.07 Å². The molecule has 2 aliphatic rings. The summed E-state index contributed by atoms with van der Waals surface area (Å²) >= 11 is 3.46. The zero-order chi connectivity index (χ0) is 12.9. The van der Waals surface area contributed by atoms with Gasteiger partial charge in [-0.3, -0.25) is 4.79 Å². The molecule has 0 bridgehead atoms. The molecular weight excluding hydrogens is 276 g/mol. The first-order chi connectivity index (χ1) is 9.31. The maximum Gasteiger partial charge on any atom is 0.198 e. The highest BCUT2D eigenvalue weighted by molar-refractivity contribution is 7.98. The van der Waals surface area contributed by atoms with E-state index in [4.69, 9.17) is 4.74 Å². The number of Topliss-reactive ketones (excluding diaryl/α,β-unsaturated/α-hetero) is 1. The summed E-state index contributed by atoms with van der Waals surface area (Å²) in [6, 6.07) is 12.0. The second kappa shape index (κ2) is 4.20. The van der Waals surface area contributed by atoms with E-state index in [1.165, 1.54) is 0 Å². The maximum atomic E-state index is 12.8. The molecule has 1 fully saturated rings. The Balaban J connectivity index is 1.75. The Kier molecular flexibility index (Phi) is 2.59. The molecule has 4 heteroatoms. The minimum Gasteiger partial charge on any atom is -0.350 e. The zero-order valence-corrected chi connectivity index (χ0v) is 11.8. The van der Waals surface area contributed by atoms with E-state index < -0.39 is 5.60 Å². The number of carbonyl (C=O) groups excluding carboxylic acids is 1. The van der Waals surface area contributed by atoms with Crippen LogP contribution in [0.5, 0.6) is 0 Å². The third kappa shape index (κ3) is 1.71. The average Bonchev–Trinajstić information content (AvgIpc) is 2.96. The topological polar surface area (TPSA) is 29.6 Å². The minimum atomic E-state index is -0.609. The second-order valence-electron chi connectivity index (χ2n) is 4.88. The fourth-order valence-corrected chi connectivity index (χ4v) is 4.72. The smallest absolute Gasteiger partial charge is 0.198 e. The molecule has 2 nitrogen and oxygen atoms in total. The van der Waals surface area contributed by atoms with Crippen molar-refractivity contribution in [3.8, 4) is 0 Å². The molecule has 1 saturated heterocycles. The van der Waals surface area contributed by atoms with E-state index in [1.54, 1.807) is 23.1 Å². The van der Waals surface area contributed by atoms with Crippen molar-refractivity contribution in [2.45, 2.75) is 17.5 Å². The molecule has 4 rings (SSSR count). The van der Waals surface area contributed by atoms with E-state index in [0.717, 1.165) is 27.5 Å². The quantitative estimate of drug-likeness (QED) is 0.750. The van der Waals surface area contributed by atoms with Gasteiger partial charge < -0.3 is 4.74 Å². The van der Waals surface area contributed by atoms with Gasteiger partial charge in [0.15, 0.2) is 11.4 Å². The van der Waals surface area contributed by atoms with Crippen molar-refractivity contribution in [3.05, 3.63) is 57.8 Å². The molecule has 0 saturated carbocycles. The Bertz CT molecular complexity index is 635. The standard InChI is InChI=1S/C15H12O2S2/c16-13-11-5-2-1-4-10(11)8-18-9-15(13)14(17-15)12-6-3-7-19-12/h1-7,14H,8-9H2. The SMILES string of the molecule is O=C1c2ccccc2CSCC12OC2c1cccs1. The fraction of sp³-hybridized carbons (Fsp3) is 0.267. The van der Waals surface area contributed by atoms with Crippen molar-refractivity contribution in [1.29, 1.82) is 0 Å². The van der Waals surface area contributed by atoms with Crippen LogP contribution in [0.3, 0.4) is 0 Å². The number of carbonyl (C=O) groups is 1. The van der Waals surface area contributed by atoms with Crippen LogP contribution in [0, 0.1) is 0 Å². The number of ketones is 1. The zero-order valence-electron chi connectivity index (χ0n) is 10.2. The molecule has 96 valence electrons. The maximum absolute atomic E-state index is 12.8. The first-order valence-corrected chi connectivity index (χ1v) is 8.26. The number of benzene rings is 1. The predicted molar refractivity (Wildman–Crippen MR) is 77.8 cm³/mol. The predicted octanol–water partition coefficient (Wildman–Crippen LogP) is 3.69. The second-order valence-corrected chi connectivity index (χ2v) is 6.85. The molecule has 2 atom stereocenters. The summed E-state index contributed by atoms with van der Waals surface area (Å²) in [4.78, 5) is 14.0. The van der Waals surface area contributed by atoms with Crippen molar-refractivity contribution in [2.24, 2.45) is 0 Å². The van der Waals surface area contributed by atoms with Crippen LogP contribution in [0.15, 0.2) is 41.8 Å². The van der Waals surface area contributed by atoms with Gasteiger partial charge in [0.05, 0.1) is 0 Å². The lowest BCUT2D eigenvalue weighted by Gasteiger charge is -2.08. The molecule has 0 radical (unpaired) electrons. The average molecular weight is 288 g/mol. The number of hydrogen-bond acceptors (Lipinski definition) is 4. The van der Waals surface area contributed by atoms with E-state index in [0.29, 0.717) is 0 Å². The van der Waals surface area contributed by atoms with Gasteiger partial charge in [-0.25, -0.2) is 0 Å². The molecular formula is C15H12O2S2. The third-order valence-corrected chi connectivity index (χ3v) is 5.78. The molecule has 2 aromatic rings. The van der Waals surface area contributed by atoms with Gasteiger partial charge >= 0.3 is 0 Å². The summed E-state index contributed by atoms with van der Waals surface area (Å²) in [7, 11) is 0. The molecule has 2 aliphatic heterocycles. The molecule has 0 N–H and O–H groups in total. The lowest BCUT2D eigenvalue weighted by atomic mass is 9.93. The van der Waals surface area contributed by atoms with E-state index in [9.17, 15) is 4.79 Å². The Morgan fingerprint density at radius 2 is 2.11 bits per heavy atom. The van der Waals surface area contributed by atoms with Gasteiger partial charge in [0.1, 0.15) is 6.10 Å². The molecule has 2 unspecified atom stereocenters. The van der Waals surface area contributed by atoms with Crippen molar-refractivity contribution in [2.75, 3.05) is 5.75 Å². The lowest BCUT2D eigenvalue weighted by Crippen LogP contribution is -2.27. The number of epoxide rings is 1. The summed E-state index contributed by atoms with van der Waals surface area (Å²) in [5.41, 5.74) is 1.36. The van der Waals surface area contributed by atoms with Crippen LogP contribution < -0.4 is 0 Å². The van der Waals surface area contributed by atoms with Crippen LogP contribution in [0.25, 0.3) is 0 Å². The Morgan fingerprint density at radius 3 is 2.95 bits per heavy atom. The number of thioether (sulfide) groups is 1. The molecule has 1 spiro atoms. The Morgan fingerprint density at radius 1 is 1.21 bits per heavy atom. The van der Waals surface area contributed by atoms with E-state index in [1.807, 2.05) is 35.7 Å². The minimum absolute atomic E-state index is 0.0429. The number of rotatable bonds is 1. The normalized spacial score (nSPS) is 29.1.